The van der Waals surface area contributed by atoms with Crippen molar-refractivity contribution in [3.05, 3.63) is 66.4 Å². The van der Waals surface area contributed by atoms with Crippen molar-refractivity contribution >= 4 is 45.9 Å². The molecule has 0 spiro atoms. The number of fused-ring (bicyclic) bond motifs is 1. The molecule has 0 bridgehead atoms. The third-order valence-electron chi connectivity index (χ3n) is 5.82. The van der Waals surface area contributed by atoms with E-state index in [4.69, 9.17) is 19.9 Å². The fraction of sp³-hybridized carbons (Fsp3) is 0.214. The lowest BCUT2D eigenvalue weighted by Crippen LogP contribution is -2.22. The molecule has 1 aromatic heterocycles. The fourth-order valence-electron chi connectivity index (χ4n) is 3.90. The maximum atomic E-state index is 13.2. The first-order valence-corrected chi connectivity index (χ1v) is 12.0. The molecule has 0 aliphatic carbocycles. The lowest BCUT2D eigenvalue weighted by atomic mass is 9.86. The van der Waals surface area contributed by atoms with E-state index in [1.165, 1.54) is 20.4 Å². The van der Waals surface area contributed by atoms with Crippen molar-refractivity contribution < 1.29 is 23.8 Å². The van der Waals surface area contributed by atoms with Gasteiger partial charge in [0.1, 0.15) is 5.75 Å². The van der Waals surface area contributed by atoms with Crippen molar-refractivity contribution in [2.75, 3.05) is 35.9 Å². The van der Waals surface area contributed by atoms with E-state index in [0.29, 0.717) is 28.7 Å². The van der Waals surface area contributed by atoms with Crippen molar-refractivity contribution in [2.24, 2.45) is 0 Å². The van der Waals surface area contributed by atoms with Crippen LogP contribution in [-0.4, -0.2) is 36.3 Å². The van der Waals surface area contributed by atoms with E-state index in [9.17, 15) is 9.59 Å². The van der Waals surface area contributed by atoms with Gasteiger partial charge < -0.3 is 30.6 Å². The Hall–Kier alpha value is -5.06. The molecule has 4 aromatic rings. The molecule has 0 fully saturated rings. The van der Waals surface area contributed by atoms with Gasteiger partial charge in [0.2, 0.25) is 11.8 Å². The Morgan fingerprint density at radius 1 is 0.872 bits per heavy atom. The number of carbonyl (C=O) groups is 2. The number of nitrogen functional groups attached to an aromatic ring is 1. The summed E-state index contributed by atoms with van der Waals surface area (Å²) in [6, 6.07) is 15.6. The van der Waals surface area contributed by atoms with Crippen LogP contribution in [0.4, 0.5) is 32.6 Å². The summed E-state index contributed by atoms with van der Waals surface area (Å²) in [5, 5.41) is 9.90. The number of amides is 3. The van der Waals surface area contributed by atoms with Gasteiger partial charge in [-0.05, 0) is 35.2 Å². The molecule has 0 atom stereocenters. The zero-order valence-corrected chi connectivity index (χ0v) is 22.3. The number of hydrogen-bond acceptors (Lipinski definition) is 8. The molecule has 11 nitrogen and oxygen atoms in total. The quantitative estimate of drug-likeness (QED) is 0.232. The van der Waals surface area contributed by atoms with Crippen LogP contribution in [0.1, 0.15) is 26.3 Å². The van der Waals surface area contributed by atoms with Crippen LogP contribution in [0.2, 0.25) is 0 Å². The van der Waals surface area contributed by atoms with E-state index in [-0.39, 0.29) is 17.1 Å². The minimum Gasteiger partial charge on any atom is -0.492 e. The van der Waals surface area contributed by atoms with Gasteiger partial charge in [-0.3, -0.25) is 5.32 Å². The first-order valence-electron chi connectivity index (χ1n) is 12.0. The Kier molecular flexibility index (Phi) is 7.70. The van der Waals surface area contributed by atoms with Crippen LogP contribution in [0.25, 0.3) is 10.8 Å². The van der Waals surface area contributed by atoms with Gasteiger partial charge in [-0.1, -0.05) is 45.0 Å². The maximum Gasteiger partial charge on any atom is 0.411 e. The third kappa shape index (κ3) is 6.27. The molecular weight excluding hydrogens is 500 g/mol. The third-order valence-corrected chi connectivity index (χ3v) is 5.82. The minimum absolute atomic E-state index is 0.0997. The number of nitrogens with two attached hydrogens (primary N) is 1. The first kappa shape index (κ1) is 27.0. The zero-order valence-electron chi connectivity index (χ0n) is 22.3. The zero-order chi connectivity index (χ0) is 28.2. The number of benzene rings is 3. The fourth-order valence-corrected chi connectivity index (χ4v) is 3.90. The first-order chi connectivity index (χ1) is 18.6. The normalized spacial score (nSPS) is 11.0. The molecule has 3 aromatic carbocycles. The number of nitrogens with one attached hydrogen (secondary N) is 3. The molecule has 0 unspecified atom stereocenters. The van der Waals surface area contributed by atoms with Crippen LogP contribution in [0.3, 0.4) is 0 Å². The monoisotopic (exact) mass is 530 g/mol. The maximum absolute atomic E-state index is 13.2. The number of nitrogens with zero attached hydrogens (tertiary/aromatic N) is 2. The number of hydrogen-bond donors (Lipinski definition) is 4. The minimum atomic E-state index is -0.659. The predicted molar refractivity (Wildman–Crippen MR) is 151 cm³/mol. The molecule has 0 saturated carbocycles. The SMILES string of the molecule is COC(=O)Nc1cc(C(C)(C)C)cc(NC(=O)Nc2ccc(Oc3ccnc(N)n3)c3ccccc23)c1OC. The van der Waals surface area contributed by atoms with Crippen LogP contribution >= 0.6 is 0 Å². The summed E-state index contributed by atoms with van der Waals surface area (Å²) in [7, 11) is 2.72. The van der Waals surface area contributed by atoms with E-state index in [2.05, 4.69) is 25.9 Å². The second kappa shape index (κ2) is 11.1. The van der Waals surface area contributed by atoms with Gasteiger partial charge in [-0.15, -0.1) is 0 Å². The highest BCUT2D eigenvalue weighted by Crippen LogP contribution is 2.39. The summed E-state index contributed by atoms with van der Waals surface area (Å²) in [6.45, 7) is 6.06. The molecule has 202 valence electrons. The largest absolute Gasteiger partial charge is 0.492 e. The summed E-state index contributed by atoms with van der Waals surface area (Å²) in [5.41, 5.74) is 7.54. The van der Waals surface area contributed by atoms with Crippen molar-refractivity contribution in [3.63, 3.8) is 0 Å². The molecule has 0 radical (unpaired) electrons. The molecule has 1 heterocycles. The Morgan fingerprint density at radius 3 is 2.18 bits per heavy atom. The Labute approximate surface area is 225 Å². The summed E-state index contributed by atoms with van der Waals surface area (Å²) >= 11 is 0. The van der Waals surface area contributed by atoms with Gasteiger partial charge in [-0.25, -0.2) is 14.6 Å². The van der Waals surface area contributed by atoms with Gasteiger partial charge in [0.25, 0.3) is 0 Å². The van der Waals surface area contributed by atoms with Crippen LogP contribution < -0.4 is 31.2 Å². The second-order valence-corrected chi connectivity index (χ2v) is 9.56. The smallest absolute Gasteiger partial charge is 0.411 e. The average Bonchev–Trinajstić information content (AvgIpc) is 2.89. The van der Waals surface area contributed by atoms with Gasteiger partial charge in [0, 0.05) is 23.0 Å². The molecule has 39 heavy (non-hydrogen) atoms. The van der Waals surface area contributed by atoms with E-state index in [1.54, 1.807) is 24.3 Å². The van der Waals surface area contributed by atoms with Crippen LogP contribution in [-0.2, 0) is 10.2 Å². The van der Waals surface area contributed by atoms with Crippen LogP contribution in [0.5, 0.6) is 17.4 Å². The number of ether oxygens (including phenoxy) is 3. The van der Waals surface area contributed by atoms with Gasteiger partial charge >= 0.3 is 12.1 Å². The topological polar surface area (TPSA) is 150 Å². The number of anilines is 4. The molecule has 0 saturated heterocycles. The lowest BCUT2D eigenvalue weighted by Gasteiger charge is -2.24. The lowest BCUT2D eigenvalue weighted by molar-refractivity contribution is 0.187. The summed E-state index contributed by atoms with van der Waals surface area (Å²) < 4.78 is 16.2. The molecule has 0 aliphatic heterocycles. The van der Waals surface area contributed by atoms with Crippen LogP contribution in [0, 0.1) is 0 Å². The van der Waals surface area contributed by atoms with Crippen molar-refractivity contribution in [2.45, 2.75) is 26.2 Å². The second-order valence-electron chi connectivity index (χ2n) is 9.56. The van der Waals surface area contributed by atoms with Crippen molar-refractivity contribution in [1.82, 2.24) is 9.97 Å². The summed E-state index contributed by atoms with van der Waals surface area (Å²) in [4.78, 5) is 33.1. The van der Waals surface area contributed by atoms with Crippen molar-refractivity contribution in [1.29, 1.82) is 0 Å². The average molecular weight is 531 g/mol. The van der Waals surface area contributed by atoms with Crippen molar-refractivity contribution in [3.8, 4) is 17.4 Å². The van der Waals surface area contributed by atoms with Gasteiger partial charge in [-0.2, -0.15) is 4.98 Å². The number of methoxy groups -OCH3 is 2. The molecule has 0 aliphatic rings. The van der Waals surface area contributed by atoms with Gasteiger partial charge in [0.15, 0.2) is 5.75 Å². The summed E-state index contributed by atoms with van der Waals surface area (Å²) in [6.07, 6.45) is 0.850. The van der Waals surface area contributed by atoms with Crippen LogP contribution in [0.15, 0.2) is 60.8 Å². The Morgan fingerprint density at radius 2 is 1.54 bits per heavy atom. The Balaban J connectivity index is 1.64. The predicted octanol–water partition coefficient (Wildman–Crippen LogP) is 6.13. The van der Waals surface area contributed by atoms with E-state index in [1.807, 2.05) is 51.1 Å². The number of urea groups is 1. The molecular formula is C28H30N6O5. The summed E-state index contributed by atoms with van der Waals surface area (Å²) in [5.74, 6) is 1.21. The van der Waals surface area contributed by atoms with E-state index in [0.717, 1.165) is 16.3 Å². The number of carbonyl (C=O) groups excluding carboxylic acids is 2. The Bertz CT molecular complexity index is 1530. The standard InChI is InChI=1S/C28H30N6O5/c1-28(2,3)16-14-20(24(37-4)21(15-16)33-27(36)38-5)32-26(35)31-19-10-11-22(18-9-7-6-8-17(18)19)39-23-12-13-30-25(29)34-23/h6-15H,1-5H3,(H,33,36)(H2,29,30,34)(H2,31,32,35). The molecule has 11 heteroatoms. The molecule has 3 amide bonds. The highest BCUT2D eigenvalue weighted by molar-refractivity contribution is 6.08. The molecule has 5 N–H and O–H groups in total. The van der Waals surface area contributed by atoms with E-state index >= 15 is 0 Å². The van der Waals surface area contributed by atoms with Gasteiger partial charge in [0.05, 0.1) is 31.3 Å². The molecule has 4 rings (SSSR count). The number of rotatable bonds is 6. The number of aromatic nitrogens is 2. The van der Waals surface area contributed by atoms with E-state index < -0.39 is 12.1 Å². The highest BCUT2D eigenvalue weighted by Gasteiger charge is 2.22. The highest BCUT2D eigenvalue weighted by atomic mass is 16.5.